The van der Waals surface area contributed by atoms with Crippen LogP contribution in [0.3, 0.4) is 0 Å². The van der Waals surface area contributed by atoms with Crippen LogP contribution in [0.15, 0.2) is 71.8 Å². The summed E-state index contributed by atoms with van der Waals surface area (Å²) in [6.07, 6.45) is 3.52. The van der Waals surface area contributed by atoms with E-state index in [0.29, 0.717) is 34.2 Å². The first-order chi connectivity index (χ1) is 14.2. The summed E-state index contributed by atoms with van der Waals surface area (Å²) in [7, 11) is 0. The van der Waals surface area contributed by atoms with Gasteiger partial charge in [-0.2, -0.15) is 0 Å². The van der Waals surface area contributed by atoms with E-state index in [4.69, 9.17) is 11.6 Å². The quantitative estimate of drug-likeness (QED) is 0.406. The number of anilines is 1. The van der Waals surface area contributed by atoms with Gasteiger partial charge in [0.15, 0.2) is 0 Å². The summed E-state index contributed by atoms with van der Waals surface area (Å²) in [5.41, 5.74) is 4.26. The number of hydrogen-bond donors (Lipinski definition) is 3. The van der Waals surface area contributed by atoms with Crippen LogP contribution < -0.4 is 10.9 Å². The molecule has 0 spiro atoms. The molecule has 29 heavy (non-hydrogen) atoms. The Morgan fingerprint density at radius 1 is 1.00 bits per heavy atom. The Bertz CT molecular complexity index is 1360. The molecule has 0 atom stereocenters. The maximum Gasteiger partial charge on any atom is 0.261 e. The third-order valence-corrected chi connectivity index (χ3v) is 5.03. The van der Waals surface area contributed by atoms with E-state index in [2.05, 4.69) is 25.3 Å². The molecule has 3 aromatic heterocycles. The molecule has 142 valence electrons. The number of imidazole rings is 1. The molecule has 0 aliphatic heterocycles. The largest absolute Gasteiger partial charge is 0.380 e. The molecule has 6 nitrogen and oxygen atoms in total. The number of H-pyrrole nitrogens is 2. The van der Waals surface area contributed by atoms with E-state index in [0.717, 1.165) is 22.0 Å². The summed E-state index contributed by atoms with van der Waals surface area (Å²) in [4.78, 5) is 28.0. The van der Waals surface area contributed by atoms with Gasteiger partial charge in [0.2, 0.25) is 0 Å². The van der Waals surface area contributed by atoms with Crippen LogP contribution in [0.2, 0.25) is 5.02 Å². The SMILES string of the molecule is O=c1[nH]c2ccc(Cl)cc2c(NCc2cccnc2)c1-c1nc2ccccc2[nH]1. The first-order valence-electron chi connectivity index (χ1n) is 9.12. The van der Waals surface area contributed by atoms with Gasteiger partial charge < -0.3 is 15.3 Å². The Morgan fingerprint density at radius 2 is 1.90 bits per heavy atom. The molecule has 7 heteroatoms. The van der Waals surface area contributed by atoms with Crippen molar-refractivity contribution in [1.82, 2.24) is 19.9 Å². The second-order valence-electron chi connectivity index (χ2n) is 6.71. The molecule has 0 bridgehead atoms. The van der Waals surface area contributed by atoms with Crippen molar-refractivity contribution in [2.24, 2.45) is 0 Å². The van der Waals surface area contributed by atoms with E-state index in [1.54, 1.807) is 24.5 Å². The van der Waals surface area contributed by atoms with Crippen LogP contribution in [0, 0.1) is 0 Å². The van der Waals surface area contributed by atoms with Crippen molar-refractivity contribution in [1.29, 1.82) is 0 Å². The normalized spacial score (nSPS) is 11.2. The maximum absolute atomic E-state index is 13.0. The van der Waals surface area contributed by atoms with Gasteiger partial charge in [-0.15, -0.1) is 0 Å². The number of nitrogens with zero attached hydrogens (tertiary/aromatic N) is 2. The molecule has 0 aliphatic carbocycles. The molecule has 0 saturated heterocycles. The minimum absolute atomic E-state index is 0.229. The third kappa shape index (κ3) is 3.23. The van der Waals surface area contributed by atoms with Gasteiger partial charge in [-0.25, -0.2) is 4.98 Å². The standard InChI is InChI=1S/C22H16ClN5O/c23-14-7-8-16-15(10-14)20(25-12-13-4-3-9-24-11-13)19(22(29)28-16)21-26-17-5-1-2-6-18(17)27-21/h1-11H,12H2,(H,26,27)(H2,25,28,29). The Kier molecular flexibility index (Phi) is 4.26. The van der Waals surface area contributed by atoms with Crippen molar-refractivity contribution >= 4 is 39.2 Å². The van der Waals surface area contributed by atoms with Crippen molar-refractivity contribution in [3.8, 4) is 11.4 Å². The Hall–Kier alpha value is -3.64. The van der Waals surface area contributed by atoms with E-state index in [1.807, 2.05) is 42.5 Å². The topological polar surface area (TPSA) is 86.5 Å². The molecule has 0 unspecified atom stereocenters. The number of nitrogens with one attached hydrogen (secondary N) is 3. The Labute approximate surface area is 170 Å². The fraction of sp³-hybridized carbons (Fsp3) is 0.0455. The summed E-state index contributed by atoms with van der Waals surface area (Å²) >= 11 is 6.26. The highest BCUT2D eigenvalue weighted by Gasteiger charge is 2.18. The molecule has 5 aromatic rings. The lowest BCUT2D eigenvalue weighted by Crippen LogP contribution is -2.14. The molecule has 0 amide bonds. The number of pyridine rings is 2. The molecular formula is C22H16ClN5O. The monoisotopic (exact) mass is 401 g/mol. The molecule has 0 saturated carbocycles. The van der Waals surface area contributed by atoms with Gasteiger partial charge in [0.1, 0.15) is 11.4 Å². The second-order valence-corrected chi connectivity index (χ2v) is 7.15. The number of rotatable bonds is 4. The molecule has 0 fully saturated rings. The fourth-order valence-electron chi connectivity index (χ4n) is 3.44. The highest BCUT2D eigenvalue weighted by Crippen LogP contribution is 2.32. The predicted molar refractivity (Wildman–Crippen MR) is 116 cm³/mol. The zero-order chi connectivity index (χ0) is 19.8. The summed E-state index contributed by atoms with van der Waals surface area (Å²) in [5.74, 6) is 0.503. The predicted octanol–water partition coefficient (Wildman–Crippen LogP) is 4.73. The molecule has 5 rings (SSSR count). The van der Waals surface area contributed by atoms with Crippen molar-refractivity contribution in [2.75, 3.05) is 5.32 Å². The fourth-order valence-corrected chi connectivity index (χ4v) is 3.61. The molecule has 0 aliphatic rings. The van der Waals surface area contributed by atoms with Crippen LogP contribution in [-0.2, 0) is 6.54 Å². The van der Waals surface area contributed by atoms with E-state index in [1.165, 1.54) is 0 Å². The van der Waals surface area contributed by atoms with Crippen molar-refractivity contribution in [3.63, 3.8) is 0 Å². The van der Waals surface area contributed by atoms with Gasteiger partial charge in [0.25, 0.3) is 5.56 Å². The lowest BCUT2D eigenvalue weighted by molar-refractivity contribution is 1.11. The van der Waals surface area contributed by atoms with Gasteiger partial charge in [0, 0.05) is 29.3 Å². The minimum Gasteiger partial charge on any atom is -0.380 e. The first-order valence-corrected chi connectivity index (χ1v) is 9.50. The number of aromatic nitrogens is 4. The van der Waals surface area contributed by atoms with Crippen molar-refractivity contribution in [3.05, 3.63) is 87.9 Å². The zero-order valence-corrected chi connectivity index (χ0v) is 16.0. The lowest BCUT2D eigenvalue weighted by Gasteiger charge is -2.14. The Morgan fingerprint density at radius 3 is 2.72 bits per heavy atom. The van der Waals surface area contributed by atoms with Gasteiger partial charge in [-0.05, 0) is 42.0 Å². The van der Waals surface area contributed by atoms with Crippen LogP contribution in [-0.4, -0.2) is 19.9 Å². The van der Waals surface area contributed by atoms with Gasteiger partial charge in [-0.1, -0.05) is 29.8 Å². The molecule has 0 radical (unpaired) electrons. The summed E-state index contributed by atoms with van der Waals surface area (Å²) in [6, 6.07) is 16.9. The van der Waals surface area contributed by atoms with Gasteiger partial charge in [0.05, 0.1) is 22.2 Å². The summed E-state index contributed by atoms with van der Waals surface area (Å²) in [5, 5.41) is 4.81. The molecule has 3 N–H and O–H groups in total. The van der Waals surface area contributed by atoms with Crippen LogP contribution in [0.4, 0.5) is 5.69 Å². The van der Waals surface area contributed by atoms with Crippen LogP contribution >= 0.6 is 11.6 Å². The number of para-hydroxylation sites is 2. The van der Waals surface area contributed by atoms with Crippen LogP contribution in [0.1, 0.15) is 5.56 Å². The highest BCUT2D eigenvalue weighted by atomic mass is 35.5. The average Bonchev–Trinajstić information content (AvgIpc) is 3.16. The Balaban J connectivity index is 1.73. The molecule has 2 aromatic carbocycles. The molecular weight excluding hydrogens is 386 g/mol. The minimum atomic E-state index is -0.229. The van der Waals surface area contributed by atoms with E-state index < -0.39 is 0 Å². The van der Waals surface area contributed by atoms with E-state index in [9.17, 15) is 4.79 Å². The highest BCUT2D eigenvalue weighted by molar-refractivity contribution is 6.31. The first kappa shape index (κ1) is 17.5. The molecule has 3 heterocycles. The average molecular weight is 402 g/mol. The van der Waals surface area contributed by atoms with E-state index >= 15 is 0 Å². The summed E-state index contributed by atoms with van der Waals surface area (Å²) < 4.78 is 0. The van der Waals surface area contributed by atoms with Gasteiger partial charge >= 0.3 is 0 Å². The van der Waals surface area contributed by atoms with Crippen molar-refractivity contribution < 1.29 is 0 Å². The number of fused-ring (bicyclic) bond motifs is 2. The number of benzene rings is 2. The smallest absolute Gasteiger partial charge is 0.261 e. The lowest BCUT2D eigenvalue weighted by atomic mass is 10.1. The van der Waals surface area contributed by atoms with Crippen LogP contribution in [0.25, 0.3) is 33.3 Å². The van der Waals surface area contributed by atoms with Crippen LogP contribution in [0.5, 0.6) is 0 Å². The zero-order valence-electron chi connectivity index (χ0n) is 15.2. The third-order valence-electron chi connectivity index (χ3n) is 4.79. The summed E-state index contributed by atoms with van der Waals surface area (Å²) in [6.45, 7) is 0.506. The maximum atomic E-state index is 13.0. The number of halogens is 1. The number of aromatic amines is 2. The van der Waals surface area contributed by atoms with Crippen molar-refractivity contribution in [2.45, 2.75) is 6.54 Å². The van der Waals surface area contributed by atoms with Gasteiger partial charge in [-0.3, -0.25) is 9.78 Å². The second kappa shape index (κ2) is 7.07. The van der Waals surface area contributed by atoms with E-state index in [-0.39, 0.29) is 5.56 Å². The number of hydrogen-bond acceptors (Lipinski definition) is 4.